The molecule has 1 unspecified atom stereocenters. The first-order chi connectivity index (χ1) is 5.77. The quantitative estimate of drug-likeness (QED) is 0.742. The molecule has 2 heterocycles. The van der Waals surface area contributed by atoms with Crippen molar-refractivity contribution >= 4 is 27.3 Å². The van der Waals surface area contributed by atoms with Crippen LogP contribution in [0.3, 0.4) is 0 Å². The maximum atomic E-state index is 3.54. The Morgan fingerprint density at radius 1 is 1.67 bits per heavy atom. The van der Waals surface area contributed by atoms with Gasteiger partial charge in [0.15, 0.2) is 0 Å². The van der Waals surface area contributed by atoms with Gasteiger partial charge in [-0.25, -0.2) is 0 Å². The maximum Gasteiger partial charge on any atom is 0.0704 e. The lowest BCUT2D eigenvalue weighted by Crippen LogP contribution is -2.18. The molecule has 3 heteroatoms. The van der Waals surface area contributed by atoms with Crippen molar-refractivity contribution in [2.24, 2.45) is 0 Å². The van der Waals surface area contributed by atoms with Crippen molar-refractivity contribution < 1.29 is 0 Å². The number of rotatable bonds is 0. The molecule has 1 nitrogen and oxygen atoms in total. The molecule has 1 aliphatic rings. The molecule has 0 spiro atoms. The van der Waals surface area contributed by atoms with Crippen molar-refractivity contribution in [3.05, 3.63) is 20.3 Å². The third-order valence-corrected chi connectivity index (χ3v) is 4.19. The zero-order valence-corrected chi connectivity index (χ0v) is 9.46. The lowest BCUT2D eigenvalue weighted by Gasteiger charge is -2.06. The zero-order valence-electron chi connectivity index (χ0n) is 7.06. The van der Waals surface area contributed by atoms with Crippen LogP contribution in [-0.4, -0.2) is 13.1 Å². The van der Waals surface area contributed by atoms with Crippen LogP contribution in [0.2, 0.25) is 0 Å². The molecular formula is C9H12BrNS. The van der Waals surface area contributed by atoms with Crippen LogP contribution in [0.5, 0.6) is 0 Å². The first-order valence-electron chi connectivity index (χ1n) is 4.26. The molecule has 1 aromatic heterocycles. The molecule has 1 aromatic rings. The summed E-state index contributed by atoms with van der Waals surface area (Å²) < 4.78 is 1.28. The highest BCUT2D eigenvalue weighted by Gasteiger charge is 2.16. The fraction of sp³-hybridized carbons (Fsp3) is 0.556. The molecule has 0 radical (unpaired) electrons. The van der Waals surface area contributed by atoms with E-state index in [0.29, 0.717) is 5.92 Å². The molecule has 66 valence electrons. The number of hydrogen-bond acceptors (Lipinski definition) is 2. The van der Waals surface area contributed by atoms with Crippen molar-refractivity contribution in [1.82, 2.24) is 5.32 Å². The Morgan fingerprint density at radius 3 is 3.33 bits per heavy atom. The van der Waals surface area contributed by atoms with E-state index in [1.54, 1.807) is 4.88 Å². The topological polar surface area (TPSA) is 12.0 Å². The van der Waals surface area contributed by atoms with Gasteiger partial charge in [-0.2, -0.15) is 0 Å². The summed E-state index contributed by atoms with van der Waals surface area (Å²) in [7, 11) is 0. The molecule has 1 atom stereocenters. The minimum Gasteiger partial charge on any atom is -0.316 e. The van der Waals surface area contributed by atoms with Crippen molar-refractivity contribution in [3.63, 3.8) is 0 Å². The van der Waals surface area contributed by atoms with Gasteiger partial charge in [0.2, 0.25) is 0 Å². The molecule has 0 aromatic carbocycles. The van der Waals surface area contributed by atoms with Gasteiger partial charge in [0, 0.05) is 17.3 Å². The van der Waals surface area contributed by atoms with Gasteiger partial charge in [-0.15, -0.1) is 11.3 Å². The summed E-state index contributed by atoms with van der Waals surface area (Å²) in [6.07, 6.45) is 1.18. The van der Waals surface area contributed by atoms with Gasteiger partial charge in [-0.3, -0.25) is 0 Å². The lowest BCUT2D eigenvalue weighted by molar-refractivity contribution is 0.648. The Labute approximate surface area is 85.3 Å². The predicted molar refractivity (Wildman–Crippen MR) is 57.0 cm³/mol. The van der Waals surface area contributed by atoms with Gasteiger partial charge in [0.05, 0.1) is 3.79 Å². The number of nitrogens with one attached hydrogen (secondary N) is 1. The monoisotopic (exact) mass is 245 g/mol. The van der Waals surface area contributed by atoms with Gasteiger partial charge >= 0.3 is 0 Å². The molecular weight excluding hydrogens is 234 g/mol. The summed E-state index contributed by atoms with van der Waals surface area (Å²) in [5.41, 5.74) is 1.53. The molecule has 2 rings (SSSR count). The molecule has 12 heavy (non-hydrogen) atoms. The van der Waals surface area contributed by atoms with Crippen LogP contribution in [0.4, 0.5) is 0 Å². The molecule has 0 amide bonds. The fourth-order valence-electron chi connectivity index (χ4n) is 1.65. The van der Waals surface area contributed by atoms with Crippen LogP contribution in [0.25, 0.3) is 0 Å². The van der Waals surface area contributed by atoms with Crippen molar-refractivity contribution in [3.8, 4) is 0 Å². The smallest absolute Gasteiger partial charge is 0.0704 e. The second-order valence-corrected chi connectivity index (χ2v) is 5.76. The van der Waals surface area contributed by atoms with Gasteiger partial charge in [-0.05, 0) is 40.5 Å². The second kappa shape index (κ2) is 3.48. The van der Waals surface area contributed by atoms with Gasteiger partial charge < -0.3 is 5.32 Å². The summed E-state index contributed by atoms with van der Waals surface area (Å²) >= 11 is 5.43. The van der Waals surface area contributed by atoms with Gasteiger partial charge in [0.25, 0.3) is 0 Å². The maximum absolute atomic E-state index is 3.54. The highest BCUT2D eigenvalue weighted by molar-refractivity contribution is 9.11. The van der Waals surface area contributed by atoms with Gasteiger partial charge in [0.1, 0.15) is 0 Å². The van der Waals surface area contributed by atoms with Crippen LogP contribution in [0.1, 0.15) is 23.3 Å². The third-order valence-electron chi connectivity index (χ3n) is 2.28. The molecule has 0 fully saturated rings. The van der Waals surface area contributed by atoms with Crippen LogP contribution < -0.4 is 5.32 Å². The zero-order chi connectivity index (χ0) is 8.55. The Morgan fingerprint density at radius 2 is 2.50 bits per heavy atom. The summed E-state index contributed by atoms with van der Waals surface area (Å²) in [6.45, 7) is 4.54. The van der Waals surface area contributed by atoms with E-state index in [1.165, 1.54) is 15.8 Å². The standard InChI is InChI=1S/C9H12BrNS/c1-6-5-11-3-2-7-4-8(10)12-9(6)7/h4,6,11H,2-3,5H2,1H3. The number of halogens is 1. The van der Waals surface area contributed by atoms with Crippen molar-refractivity contribution in [2.75, 3.05) is 13.1 Å². The SMILES string of the molecule is CC1CNCCc2cc(Br)sc21. The van der Waals surface area contributed by atoms with E-state index >= 15 is 0 Å². The van der Waals surface area contributed by atoms with Crippen LogP contribution in [0.15, 0.2) is 9.85 Å². The van der Waals surface area contributed by atoms with Crippen LogP contribution in [0, 0.1) is 0 Å². The molecule has 0 aliphatic carbocycles. The average Bonchev–Trinajstić information content (AvgIpc) is 2.33. The average molecular weight is 246 g/mol. The van der Waals surface area contributed by atoms with E-state index in [1.807, 2.05) is 11.3 Å². The Kier molecular flexibility index (Phi) is 2.53. The van der Waals surface area contributed by atoms with E-state index in [4.69, 9.17) is 0 Å². The molecule has 1 aliphatic heterocycles. The van der Waals surface area contributed by atoms with Crippen molar-refractivity contribution in [2.45, 2.75) is 19.3 Å². The van der Waals surface area contributed by atoms with Crippen molar-refractivity contribution in [1.29, 1.82) is 0 Å². The van der Waals surface area contributed by atoms with E-state index in [9.17, 15) is 0 Å². The second-order valence-electron chi connectivity index (χ2n) is 3.30. The summed E-state index contributed by atoms with van der Waals surface area (Å²) in [5, 5.41) is 3.44. The Bertz CT molecular complexity index is 282. The molecule has 1 N–H and O–H groups in total. The summed E-state index contributed by atoms with van der Waals surface area (Å²) in [5.74, 6) is 0.679. The summed E-state index contributed by atoms with van der Waals surface area (Å²) in [4.78, 5) is 1.56. The van der Waals surface area contributed by atoms with E-state index in [2.05, 4.69) is 34.2 Å². The highest BCUT2D eigenvalue weighted by Crippen LogP contribution is 2.33. The van der Waals surface area contributed by atoms with E-state index in [0.717, 1.165) is 13.1 Å². The van der Waals surface area contributed by atoms with Gasteiger partial charge in [-0.1, -0.05) is 6.92 Å². The summed E-state index contributed by atoms with van der Waals surface area (Å²) in [6, 6.07) is 2.27. The largest absolute Gasteiger partial charge is 0.316 e. The first kappa shape index (κ1) is 8.73. The van der Waals surface area contributed by atoms with Crippen LogP contribution >= 0.6 is 27.3 Å². The molecule has 0 bridgehead atoms. The first-order valence-corrected chi connectivity index (χ1v) is 5.87. The van der Waals surface area contributed by atoms with Crippen LogP contribution in [-0.2, 0) is 6.42 Å². The minimum atomic E-state index is 0.679. The third kappa shape index (κ3) is 1.58. The number of fused-ring (bicyclic) bond motifs is 1. The Hall–Kier alpha value is 0.140. The number of thiophene rings is 1. The van der Waals surface area contributed by atoms with E-state index < -0.39 is 0 Å². The Balaban J connectivity index is 2.38. The highest BCUT2D eigenvalue weighted by atomic mass is 79.9. The molecule has 0 saturated heterocycles. The number of hydrogen-bond donors (Lipinski definition) is 1. The van der Waals surface area contributed by atoms with E-state index in [-0.39, 0.29) is 0 Å². The molecule has 0 saturated carbocycles. The minimum absolute atomic E-state index is 0.679. The normalized spacial score (nSPS) is 23.3. The fourth-order valence-corrected chi connectivity index (χ4v) is 3.44. The lowest BCUT2D eigenvalue weighted by atomic mass is 10.1. The predicted octanol–water partition coefficient (Wildman–Crippen LogP) is 2.76.